The molecule has 1 aromatic carbocycles. The number of nitrogens with one attached hydrogen (secondary N) is 2. The maximum absolute atomic E-state index is 11.8. The third-order valence-electron chi connectivity index (χ3n) is 2.57. The van der Waals surface area contributed by atoms with E-state index in [2.05, 4.69) is 33.2 Å². The van der Waals surface area contributed by atoms with Gasteiger partial charge in [-0.25, -0.2) is 0 Å². The third-order valence-corrected chi connectivity index (χ3v) is 3.51. The van der Waals surface area contributed by atoms with Crippen LogP contribution in [0.2, 0.25) is 0 Å². The van der Waals surface area contributed by atoms with Gasteiger partial charge >= 0.3 is 0 Å². The molecule has 4 nitrogen and oxygen atoms in total. The van der Waals surface area contributed by atoms with Gasteiger partial charge in [0.05, 0.1) is 24.8 Å². The van der Waals surface area contributed by atoms with Crippen LogP contribution >= 0.6 is 22.6 Å². The molecule has 0 radical (unpaired) electrons. The molecule has 2 rings (SSSR count). The van der Waals surface area contributed by atoms with E-state index in [0.29, 0.717) is 13.0 Å². The fourth-order valence-corrected chi connectivity index (χ4v) is 2.24. The average molecular weight is 346 g/mol. The lowest BCUT2D eigenvalue weighted by Crippen LogP contribution is -2.40. The maximum atomic E-state index is 11.8. The van der Waals surface area contributed by atoms with Gasteiger partial charge in [-0.3, -0.25) is 4.79 Å². The number of para-hydroxylation sites is 1. The molecule has 5 heteroatoms. The van der Waals surface area contributed by atoms with Gasteiger partial charge in [-0.05, 0) is 34.7 Å². The summed E-state index contributed by atoms with van der Waals surface area (Å²) in [4.78, 5) is 11.8. The Balaban J connectivity index is 1.86. The number of hydrogen-bond acceptors (Lipinski definition) is 3. The van der Waals surface area contributed by atoms with Gasteiger partial charge in [-0.1, -0.05) is 12.1 Å². The number of carbonyl (C=O) groups is 1. The number of morpholine rings is 1. The second-order valence-electron chi connectivity index (χ2n) is 3.93. The van der Waals surface area contributed by atoms with Crippen molar-refractivity contribution in [1.29, 1.82) is 0 Å². The van der Waals surface area contributed by atoms with Crippen molar-refractivity contribution in [2.24, 2.45) is 0 Å². The number of hydrogen-bond donors (Lipinski definition) is 2. The van der Waals surface area contributed by atoms with E-state index in [1.54, 1.807) is 0 Å². The van der Waals surface area contributed by atoms with E-state index in [9.17, 15) is 4.79 Å². The van der Waals surface area contributed by atoms with E-state index in [1.807, 2.05) is 24.3 Å². The van der Waals surface area contributed by atoms with E-state index >= 15 is 0 Å². The molecular formula is C12H15IN2O2. The van der Waals surface area contributed by atoms with Crippen LogP contribution in [-0.4, -0.2) is 31.7 Å². The van der Waals surface area contributed by atoms with Crippen molar-refractivity contribution < 1.29 is 9.53 Å². The maximum Gasteiger partial charge on any atom is 0.227 e. The number of ether oxygens (including phenoxy) is 1. The normalized spacial score (nSPS) is 19.9. The first-order chi connectivity index (χ1) is 8.25. The number of carbonyl (C=O) groups excluding carboxylic acids is 1. The third kappa shape index (κ3) is 3.93. The van der Waals surface area contributed by atoms with Crippen LogP contribution in [0.5, 0.6) is 0 Å². The van der Waals surface area contributed by atoms with Crippen molar-refractivity contribution in [2.45, 2.75) is 12.5 Å². The van der Waals surface area contributed by atoms with Gasteiger partial charge in [-0.15, -0.1) is 0 Å². The van der Waals surface area contributed by atoms with Crippen LogP contribution in [0.15, 0.2) is 24.3 Å². The van der Waals surface area contributed by atoms with Gasteiger partial charge < -0.3 is 15.4 Å². The zero-order valence-corrected chi connectivity index (χ0v) is 11.6. The van der Waals surface area contributed by atoms with Crippen LogP contribution in [0.4, 0.5) is 5.69 Å². The topological polar surface area (TPSA) is 50.4 Å². The predicted molar refractivity (Wildman–Crippen MR) is 75.0 cm³/mol. The van der Waals surface area contributed by atoms with Crippen molar-refractivity contribution in [1.82, 2.24) is 5.32 Å². The second kappa shape index (κ2) is 6.32. The summed E-state index contributed by atoms with van der Waals surface area (Å²) in [5, 5.41) is 6.11. The highest BCUT2D eigenvalue weighted by Gasteiger charge is 2.17. The lowest BCUT2D eigenvalue weighted by Gasteiger charge is -2.23. The van der Waals surface area contributed by atoms with Gasteiger partial charge in [-0.2, -0.15) is 0 Å². The lowest BCUT2D eigenvalue weighted by atomic mass is 10.2. The Morgan fingerprint density at radius 2 is 2.35 bits per heavy atom. The average Bonchev–Trinajstić information content (AvgIpc) is 2.33. The molecular weight excluding hydrogens is 331 g/mol. The van der Waals surface area contributed by atoms with Crippen LogP contribution in [0.25, 0.3) is 0 Å². The summed E-state index contributed by atoms with van der Waals surface area (Å²) in [5.74, 6) is 0.00261. The quantitative estimate of drug-likeness (QED) is 0.818. The summed E-state index contributed by atoms with van der Waals surface area (Å²) in [5.41, 5.74) is 0.863. The summed E-state index contributed by atoms with van der Waals surface area (Å²) in [7, 11) is 0. The molecule has 1 unspecified atom stereocenters. The summed E-state index contributed by atoms with van der Waals surface area (Å²) in [6.45, 7) is 2.30. The standard InChI is InChI=1S/C12H15IN2O2/c13-10-3-1-2-4-11(10)15-12(16)7-9-8-14-5-6-17-9/h1-4,9,14H,5-8H2,(H,15,16). The van der Waals surface area contributed by atoms with Crippen LogP contribution < -0.4 is 10.6 Å². The Morgan fingerprint density at radius 3 is 3.06 bits per heavy atom. The highest BCUT2D eigenvalue weighted by molar-refractivity contribution is 14.1. The van der Waals surface area contributed by atoms with Crippen molar-refractivity contribution >= 4 is 34.2 Å². The predicted octanol–water partition coefficient (Wildman–Crippen LogP) is 1.61. The fourth-order valence-electron chi connectivity index (χ4n) is 1.72. The molecule has 1 aliphatic rings. The smallest absolute Gasteiger partial charge is 0.227 e. The zero-order valence-electron chi connectivity index (χ0n) is 9.41. The van der Waals surface area contributed by atoms with E-state index in [1.165, 1.54) is 0 Å². The first kappa shape index (κ1) is 12.8. The molecule has 1 amide bonds. The Hall–Kier alpha value is -0.660. The van der Waals surface area contributed by atoms with Crippen LogP contribution in [0, 0.1) is 3.57 Å². The highest BCUT2D eigenvalue weighted by Crippen LogP contribution is 2.17. The molecule has 0 aromatic heterocycles. The molecule has 0 bridgehead atoms. The van der Waals surface area contributed by atoms with E-state index < -0.39 is 0 Å². The minimum Gasteiger partial charge on any atom is -0.375 e. The van der Waals surface area contributed by atoms with Gasteiger partial charge in [0.2, 0.25) is 5.91 Å². The summed E-state index contributed by atoms with van der Waals surface area (Å²) in [6, 6.07) is 7.73. The van der Waals surface area contributed by atoms with Crippen LogP contribution in [0.1, 0.15) is 6.42 Å². The van der Waals surface area contributed by atoms with Crippen molar-refractivity contribution in [3.8, 4) is 0 Å². The molecule has 1 atom stereocenters. The van der Waals surface area contributed by atoms with Crippen molar-refractivity contribution in [2.75, 3.05) is 25.0 Å². The largest absolute Gasteiger partial charge is 0.375 e. The number of amides is 1. The Bertz CT molecular complexity index is 392. The molecule has 1 fully saturated rings. The van der Waals surface area contributed by atoms with Gasteiger partial charge in [0.25, 0.3) is 0 Å². The van der Waals surface area contributed by atoms with Gasteiger partial charge in [0, 0.05) is 16.7 Å². The van der Waals surface area contributed by atoms with Crippen LogP contribution in [0.3, 0.4) is 0 Å². The first-order valence-corrected chi connectivity index (χ1v) is 6.70. The minimum absolute atomic E-state index is 0.00261. The van der Waals surface area contributed by atoms with E-state index in [4.69, 9.17) is 4.74 Å². The van der Waals surface area contributed by atoms with Crippen molar-refractivity contribution in [3.05, 3.63) is 27.8 Å². The molecule has 92 valence electrons. The molecule has 2 N–H and O–H groups in total. The molecule has 1 aliphatic heterocycles. The molecule has 0 aliphatic carbocycles. The summed E-state index contributed by atoms with van der Waals surface area (Å²) >= 11 is 2.21. The number of halogens is 1. The SMILES string of the molecule is O=C(CC1CNCCO1)Nc1ccccc1I. The number of anilines is 1. The van der Waals surface area contributed by atoms with Crippen LogP contribution in [-0.2, 0) is 9.53 Å². The summed E-state index contributed by atoms with van der Waals surface area (Å²) < 4.78 is 6.53. The van der Waals surface area contributed by atoms with Crippen molar-refractivity contribution in [3.63, 3.8) is 0 Å². The number of benzene rings is 1. The summed E-state index contributed by atoms with van der Waals surface area (Å²) in [6.07, 6.45) is 0.392. The van der Waals surface area contributed by atoms with E-state index in [-0.39, 0.29) is 12.0 Å². The Morgan fingerprint density at radius 1 is 1.53 bits per heavy atom. The minimum atomic E-state index is -0.00914. The number of rotatable bonds is 3. The molecule has 17 heavy (non-hydrogen) atoms. The second-order valence-corrected chi connectivity index (χ2v) is 5.09. The molecule has 1 heterocycles. The first-order valence-electron chi connectivity index (χ1n) is 5.62. The zero-order chi connectivity index (χ0) is 12.1. The molecule has 0 saturated carbocycles. The Labute approximate surface area is 114 Å². The van der Waals surface area contributed by atoms with Gasteiger partial charge in [0.15, 0.2) is 0 Å². The molecule has 1 saturated heterocycles. The molecule has 0 spiro atoms. The molecule has 1 aromatic rings. The van der Waals surface area contributed by atoms with Gasteiger partial charge in [0.1, 0.15) is 0 Å². The Kier molecular flexibility index (Phi) is 4.75. The monoisotopic (exact) mass is 346 g/mol. The fraction of sp³-hybridized carbons (Fsp3) is 0.417. The highest BCUT2D eigenvalue weighted by atomic mass is 127. The van der Waals surface area contributed by atoms with E-state index in [0.717, 1.165) is 22.3 Å². The lowest BCUT2D eigenvalue weighted by molar-refractivity contribution is -0.119.